The molecule has 66 valence electrons. The Morgan fingerprint density at radius 1 is 1.58 bits per heavy atom. The van der Waals surface area contributed by atoms with Gasteiger partial charge in [-0.15, -0.1) is 0 Å². The lowest BCUT2D eigenvalue weighted by atomic mass is 9.98. The molecule has 12 heavy (non-hydrogen) atoms. The highest BCUT2D eigenvalue weighted by Gasteiger charge is 2.52. The van der Waals surface area contributed by atoms with Crippen molar-refractivity contribution in [2.24, 2.45) is 0 Å². The molecule has 4 heteroatoms. The molecule has 0 saturated carbocycles. The number of allylic oxidation sites excluding steroid dienone is 2. The zero-order valence-corrected chi connectivity index (χ0v) is 6.51. The van der Waals surface area contributed by atoms with Crippen LogP contribution in [0.3, 0.4) is 0 Å². The van der Waals surface area contributed by atoms with Crippen LogP contribution in [0, 0.1) is 0 Å². The predicted octanol–water partition coefficient (Wildman–Crippen LogP) is 1.84. The van der Waals surface area contributed by atoms with Crippen LogP contribution in [-0.2, 0) is 9.47 Å². The molecule has 0 aromatic rings. The topological polar surface area (TPSA) is 18.5 Å². The quantitative estimate of drug-likeness (QED) is 0.557. The largest absolute Gasteiger partial charge is 0.466 e. The van der Waals surface area contributed by atoms with Crippen molar-refractivity contribution in [3.63, 3.8) is 0 Å². The van der Waals surface area contributed by atoms with Gasteiger partial charge in [0.2, 0.25) is 0 Å². The van der Waals surface area contributed by atoms with E-state index in [2.05, 4.69) is 4.74 Å². The Hall–Kier alpha value is -0.900. The Kier molecular flexibility index (Phi) is 1.48. The summed E-state index contributed by atoms with van der Waals surface area (Å²) in [6.07, 6.45) is 1.14. The van der Waals surface area contributed by atoms with Crippen LogP contribution in [0.5, 0.6) is 0 Å². The van der Waals surface area contributed by atoms with Gasteiger partial charge in [0.1, 0.15) is 0 Å². The van der Waals surface area contributed by atoms with Gasteiger partial charge < -0.3 is 4.74 Å². The highest BCUT2D eigenvalue weighted by atomic mass is 19.2. The summed E-state index contributed by atoms with van der Waals surface area (Å²) in [7, 11) is 0. The minimum atomic E-state index is -2.38. The molecule has 1 fully saturated rings. The third-order valence-corrected chi connectivity index (χ3v) is 2.04. The van der Waals surface area contributed by atoms with Crippen molar-refractivity contribution in [1.29, 1.82) is 0 Å². The number of alkyl halides is 2. The molecule has 0 spiro atoms. The molecular formula is C8H8F2O2. The Labute approximate surface area is 68.5 Å². The molecule has 0 radical (unpaired) electrons. The number of hydrogen-bond acceptors (Lipinski definition) is 2. The molecule has 0 aromatic carbocycles. The van der Waals surface area contributed by atoms with E-state index in [0.29, 0.717) is 5.57 Å². The third kappa shape index (κ3) is 0.813. The van der Waals surface area contributed by atoms with Gasteiger partial charge in [-0.05, 0) is 18.6 Å². The van der Waals surface area contributed by atoms with Crippen LogP contribution in [0.2, 0.25) is 0 Å². The Morgan fingerprint density at radius 2 is 2.33 bits per heavy atom. The summed E-state index contributed by atoms with van der Waals surface area (Å²) in [5.74, 6) is -2.45. The van der Waals surface area contributed by atoms with E-state index >= 15 is 0 Å². The second-order valence-electron chi connectivity index (χ2n) is 2.86. The SMILES string of the molecule is CC1=CC=C2OCOC2(F)C1F. The predicted molar refractivity (Wildman–Crippen MR) is 37.6 cm³/mol. The third-order valence-electron chi connectivity index (χ3n) is 2.04. The van der Waals surface area contributed by atoms with E-state index in [1.165, 1.54) is 19.1 Å². The second kappa shape index (κ2) is 2.29. The van der Waals surface area contributed by atoms with E-state index in [9.17, 15) is 8.78 Å². The maximum atomic E-state index is 13.6. The molecule has 2 unspecified atom stereocenters. The van der Waals surface area contributed by atoms with Gasteiger partial charge in [0, 0.05) is 0 Å². The van der Waals surface area contributed by atoms with Crippen LogP contribution in [0.4, 0.5) is 8.78 Å². The van der Waals surface area contributed by atoms with Gasteiger partial charge in [0.15, 0.2) is 18.7 Å². The average Bonchev–Trinajstić information content (AvgIpc) is 2.42. The van der Waals surface area contributed by atoms with Gasteiger partial charge >= 0.3 is 5.85 Å². The van der Waals surface area contributed by atoms with E-state index in [0.717, 1.165) is 0 Å². The van der Waals surface area contributed by atoms with Crippen LogP contribution in [0.25, 0.3) is 0 Å². The molecule has 0 N–H and O–H groups in total. The lowest BCUT2D eigenvalue weighted by molar-refractivity contribution is -0.128. The Balaban J connectivity index is 2.41. The Morgan fingerprint density at radius 3 is 3.08 bits per heavy atom. The van der Waals surface area contributed by atoms with Crippen molar-refractivity contribution in [1.82, 2.24) is 0 Å². The number of rotatable bonds is 0. The van der Waals surface area contributed by atoms with Gasteiger partial charge in [0.05, 0.1) is 0 Å². The van der Waals surface area contributed by atoms with Gasteiger partial charge in [-0.1, -0.05) is 6.08 Å². The van der Waals surface area contributed by atoms with Crippen molar-refractivity contribution in [2.75, 3.05) is 6.79 Å². The monoisotopic (exact) mass is 174 g/mol. The molecule has 2 atom stereocenters. The fourth-order valence-electron chi connectivity index (χ4n) is 1.29. The zero-order chi connectivity index (χ0) is 8.77. The van der Waals surface area contributed by atoms with Crippen molar-refractivity contribution in [3.8, 4) is 0 Å². The van der Waals surface area contributed by atoms with Crippen LogP contribution >= 0.6 is 0 Å². The first-order valence-electron chi connectivity index (χ1n) is 3.63. The molecular weight excluding hydrogens is 166 g/mol. The first-order valence-corrected chi connectivity index (χ1v) is 3.63. The fraction of sp³-hybridized carbons (Fsp3) is 0.500. The lowest BCUT2D eigenvalue weighted by Gasteiger charge is -2.24. The van der Waals surface area contributed by atoms with Gasteiger partial charge in [-0.25, -0.2) is 4.39 Å². The normalized spacial score (nSPS) is 39.8. The average molecular weight is 174 g/mol. The summed E-state index contributed by atoms with van der Waals surface area (Å²) in [6, 6.07) is 0. The number of fused-ring (bicyclic) bond motifs is 1. The van der Waals surface area contributed by atoms with Crippen LogP contribution in [-0.4, -0.2) is 18.8 Å². The first kappa shape index (κ1) is 7.73. The second-order valence-corrected chi connectivity index (χ2v) is 2.86. The minimum Gasteiger partial charge on any atom is -0.466 e. The molecule has 1 heterocycles. The van der Waals surface area contributed by atoms with Crippen molar-refractivity contribution < 1.29 is 18.3 Å². The number of ether oxygens (including phenoxy) is 2. The molecule has 2 aliphatic rings. The smallest absolute Gasteiger partial charge is 0.305 e. The summed E-state index contributed by atoms with van der Waals surface area (Å²) in [5.41, 5.74) is 0.312. The Bertz CT molecular complexity index is 272. The zero-order valence-electron chi connectivity index (χ0n) is 6.51. The van der Waals surface area contributed by atoms with Gasteiger partial charge in [0.25, 0.3) is 0 Å². The maximum Gasteiger partial charge on any atom is 0.305 e. The van der Waals surface area contributed by atoms with Crippen molar-refractivity contribution in [2.45, 2.75) is 19.0 Å². The summed E-state index contributed by atoms with van der Waals surface area (Å²) >= 11 is 0. The van der Waals surface area contributed by atoms with Gasteiger partial charge in [-0.2, -0.15) is 4.39 Å². The molecule has 1 saturated heterocycles. The maximum absolute atomic E-state index is 13.6. The lowest BCUT2D eigenvalue weighted by Crippen LogP contribution is -2.38. The van der Waals surface area contributed by atoms with Crippen LogP contribution < -0.4 is 0 Å². The fourth-order valence-corrected chi connectivity index (χ4v) is 1.29. The summed E-state index contributed by atoms with van der Waals surface area (Å²) < 4.78 is 36.1. The molecule has 0 bridgehead atoms. The molecule has 2 rings (SSSR count). The number of halogens is 2. The van der Waals surface area contributed by atoms with E-state index in [1.807, 2.05) is 0 Å². The highest BCUT2D eigenvalue weighted by Crippen LogP contribution is 2.41. The van der Waals surface area contributed by atoms with E-state index in [-0.39, 0.29) is 12.6 Å². The molecule has 1 aliphatic heterocycles. The van der Waals surface area contributed by atoms with Crippen LogP contribution in [0.15, 0.2) is 23.5 Å². The van der Waals surface area contributed by atoms with E-state index in [4.69, 9.17) is 4.74 Å². The van der Waals surface area contributed by atoms with Gasteiger partial charge in [-0.3, -0.25) is 4.74 Å². The van der Waals surface area contributed by atoms with Crippen molar-refractivity contribution in [3.05, 3.63) is 23.5 Å². The van der Waals surface area contributed by atoms with E-state index in [1.54, 1.807) is 0 Å². The summed E-state index contributed by atoms with van der Waals surface area (Å²) in [5, 5.41) is 0. The van der Waals surface area contributed by atoms with E-state index < -0.39 is 12.0 Å². The van der Waals surface area contributed by atoms with Crippen LogP contribution in [0.1, 0.15) is 6.92 Å². The molecule has 2 nitrogen and oxygen atoms in total. The molecule has 0 aromatic heterocycles. The summed E-state index contributed by atoms with van der Waals surface area (Å²) in [4.78, 5) is 0. The summed E-state index contributed by atoms with van der Waals surface area (Å²) in [6.45, 7) is 1.30. The number of hydrogen-bond donors (Lipinski definition) is 0. The molecule has 0 amide bonds. The minimum absolute atomic E-state index is 0.0689. The highest BCUT2D eigenvalue weighted by molar-refractivity contribution is 5.31. The first-order chi connectivity index (χ1) is 5.64. The standard InChI is InChI=1S/C8H8F2O2/c1-5-2-3-6-8(10,7(5)9)12-4-11-6/h2-3,7H,4H2,1H3. The molecule has 1 aliphatic carbocycles. The van der Waals surface area contributed by atoms with Crippen molar-refractivity contribution >= 4 is 0 Å².